The summed E-state index contributed by atoms with van der Waals surface area (Å²) in [5.41, 5.74) is 1.13. The van der Waals surface area contributed by atoms with E-state index in [1.807, 2.05) is 18.2 Å². The maximum absolute atomic E-state index is 11.7. The summed E-state index contributed by atoms with van der Waals surface area (Å²) in [6, 6.07) is 5.91. The lowest BCUT2D eigenvalue weighted by atomic mass is 9.96. The number of methoxy groups -OCH3 is 2. The van der Waals surface area contributed by atoms with Crippen LogP contribution in [0.25, 0.3) is 0 Å². The molecule has 0 bridgehead atoms. The number of morpholine rings is 1. The summed E-state index contributed by atoms with van der Waals surface area (Å²) >= 11 is 0. The van der Waals surface area contributed by atoms with Crippen LogP contribution in [0.5, 0.6) is 11.5 Å². The third kappa shape index (κ3) is 6.57. The van der Waals surface area contributed by atoms with Crippen molar-refractivity contribution >= 4 is 5.97 Å². The molecule has 8 heteroatoms. The van der Waals surface area contributed by atoms with Crippen molar-refractivity contribution in [2.75, 3.05) is 66.8 Å². The Kier molecular flexibility index (Phi) is 8.74. The van der Waals surface area contributed by atoms with Crippen LogP contribution in [0.1, 0.15) is 18.4 Å². The minimum absolute atomic E-state index is 0.0143. The number of rotatable bonds is 9. The van der Waals surface area contributed by atoms with Gasteiger partial charge in [-0.1, -0.05) is 6.07 Å². The van der Waals surface area contributed by atoms with Gasteiger partial charge < -0.3 is 24.1 Å². The summed E-state index contributed by atoms with van der Waals surface area (Å²) in [6.45, 7) is 6.43. The molecule has 0 radical (unpaired) electrons. The van der Waals surface area contributed by atoms with Crippen LogP contribution in [0.3, 0.4) is 0 Å². The Bertz CT molecular complexity index is 672. The summed E-state index contributed by atoms with van der Waals surface area (Å²) in [7, 11) is 3.07. The molecule has 8 nitrogen and oxygen atoms in total. The Morgan fingerprint density at radius 1 is 1.13 bits per heavy atom. The first-order chi connectivity index (χ1) is 14.6. The molecule has 30 heavy (non-hydrogen) atoms. The van der Waals surface area contributed by atoms with Crippen LogP contribution in [0.2, 0.25) is 0 Å². The molecule has 0 spiro atoms. The second-order valence-corrected chi connectivity index (χ2v) is 7.94. The average Bonchev–Trinajstić information content (AvgIpc) is 2.78. The number of likely N-dealkylation sites (tertiary alicyclic amines) is 1. The standard InChI is InChI=1S/C22H34N2O6/c1-27-21-13-17(14-23-7-5-18(6-8-23)22(26)28-2)3-4-20(21)30-16-19(25)15-24-9-11-29-12-10-24/h3-4,13,18-19,25H,5-12,14-16H2,1-2H3/t19-/m0/s1. The molecular weight excluding hydrogens is 388 g/mol. The molecule has 0 aliphatic carbocycles. The van der Waals surface area contributed by atoms with Crippen LogP contribution in [0.15, 0.2) is 18.2 Å². The van der Waals surface area contributed by atoms with Crippen molar-refractivity contribution in [3.8, 4) is 11.5 Å². The van der Waals surface area contributed by atoms with Crippen molar-refractivity contribution in [1.29, 1.82) is 0 Å². The number of esters is 1. The van der Waals surface area contributed by atoms with Gasteiger partial charge >= 0.3 is 5.97 Å². The van der Waals surface area contributed by atoms with E-state index in [0.717, 1.165) is 51.1 Å². The van der Waals surface area contributed by atoms with Crippen molar-refractivity contribution in [3.05, 3.63) is 23.8 Å². The van der Waals surface area contributed by atoms with Gasteiger partial charge in [-0.3, -0.25) is 14.6 Å². The zero-order valence-corrected chi connectivity index (χ0v) is 18.0. The fourth-order valence-electron chi connectivity index (χ4n) is 4.00. The lowest BCUT2D eigenvalue weighted by Gasteiger charge is -2.30. The average molecular weight is 423 g/mol. The van der Waals surface area contributed by atoms with Gasteiger partial charge in [0.15, 0.2) is 11.5 Å². The Morgan fingerprint density at radius 2 is 1.87 bits per heavy atom. The molecule has 2 heterocycles. The number of ether oxygens (including phenoxy) is 4. The number of nitrogens with zero attached hydrogens (tertiary/aromatic N) is 2. The smallest absolute Gasteiger partial charge is 0.308 e. The molecule has 1 aromatic carbocycles. The molecule has 0 saturated carbocycles. The van der Waals surface area contributed by atoms with Crippen LogP contribution in [-0.4, -0.2) is 93.7 Å². The van der Waals surface area contributed by atoms with Gasteiger partial charge in [0.2, 0.25) is 0 Å². The minimum Gasteiger partial charge on any atom is -0.493 e. The van der Waals surface area contributed by atoms with Crippen molar-refractivity contribution in [2.45, 2.75) is 25.5 Å². The number of hydrogen-bond donors (Lipinski definition) is 1. The van der Waals surface area contributed by atoms with Crippen LogP contribution >= 0.6 is 0 Å². The van der Waals surface area contributed by atoms with Gasteiger partial charge in [-0.2, -0.15) is 0 Å². The number of piperidine rings is 1. The molecule has 3 rings (SSSR count). The van der Waals surface area contributed by atoms with Crippen LogP contribution in [0.4, 0.5) is 0 Å². The van der Waals surface area contributed by atoms with E-state index in [4.69, 9.17) is 18.9 Å². The third-order valence-electron chi connectivity index (χ3n) is 5.76. The summed E-state index contributed by atoms with van der Waals surface area (Å²) in [5, 5.41) is 10.3. The number of aliphatic hydroxyl groups is 1. The highest BCUT2D eigenvalue weighted by atomic mass is 16.5. The SMILES string of the molecule is COC(=O)C1CCN(Cc2ccc(OC[C@@H](O)CN3CCOCC3)c(OC)c2)CC1. The monoisotopic (exact) mass is 422 g/mol. The van der Waals surface area contributed by atoms with Crippen LogP contribution < -0.4 is 9.47 Å². The van der Waals surface area contributed by atoms with E-state index in [-0.39, 0.29) is 18.5 Å². The number of carbonyl (C=O) groups is 1. The molecule has 2 saturated heterocycles. The Hall–Kier alpha value is -1.87. The lowest BCUT2D eigenvalue weighted by Crippen LogP contribution is -2.42. The van der Waals surface area contributed by atoms with E-state index in [1.54, 1.807) is 7.11 Å². The Balaban J connectivity index is 1.48. The topological polar surface area (TPSA) is 80.7 Å². The van der Waals surface area contributed by atoms with Gasteiger partial charge in [0.1, 0.15) is 12.7 Å². The summed E-state index contributed by atoms with van der Waals surface area (Å²) in [6.07, 6.45) is 1.08. The fraction of sp³-hybridized carbons (Fsp3) is 0.682. The Morgan fingerprint density at radius 3 is 2.53 bits per heavy atom. The van der Waals surface area contributed by atoms with Crippen molar-refractivity contribution in [1.82, 2.24) is 9.80 Å². The first-order valence-corrected chi connectivity index (χ1v) is 10.7. The normalized spacial score (nSPS) is 20.0. The number of hydrogen-bond acceptors (Lipinski definition) is 8. The fourth-order valence-corrected chi connectivity index (χ4v) is 4.00. The molecule has 2 aliphatic heterocycles. The van der Waals surface area contributed by atoms with Gasteiger partial charge in [-0.25, -0.2) is 0 Å². The van der Waals surface area contributed by atoms with E-state index in [9.17, 15) is 9.90 Å². The van der Waals surface area contributed by atoms with Gasteiger partial charge in [-0.15, -0.1) is 0 Å². The van der Waals surface area contributed by atoms with E-state index < -0.39 is 6.10 Å². The summed E-state index contributed by atoms with van der Waals surface area (Å²) < 4.78 is 21.5. The molecular formula is C22H34N2O6. The van der Waals surface area contributed by atoms with Gasteiger partial charge in [0, 0.05) is 26.2 Å². The van der Waals surface area contributed by atoms with Crippen molar-refractivity contribution < 1.29 is 28.8 Å². The second-order valence-electron chi connectivity index (χ2n) is 7.94. The molecule has 1 aromatic rings. The zero-order chi connectivity index (χ0) is 21.3. The molecule has 2 aliphatic rings. The second kappa shape index (κ2) is 11.5. The highest BCUT2D eigenvalue weighted by Gasteiger charge is 2.25. The van der Waals surface area contributed by atoms with E-state index in [0.29, 0.717) is 31.3 Å². The summed E-state index contributed by atoms with van der Waals surface area (Å²) in [5.74, 6) is 1.20. The highest BCUT2D eigenvalue weighted by Crippen LogP contribution is 2.29. The predicted octanol–water partition coefficient (Wildman–Crippen LogP) is 1.15. The molecule has 1 N–H and O–H groups in total. The zero-order valence-electron chi connectivity index (χ0n) is 18.0. The predicted molar refractivity (Wildman–Crippen MR) is 112 cm³/mol. The quantitative estimate of drug-likeness (QED) is 0.594. The molecule has 2 fully saturated rings. The molecule has 0 aromatic heterocycles. The lowest BCUT2D eigenvalue weighted by molar-refractivity contribution is -0.147. The first-order valence-electron chi connectivity index (χ1n) is 10.7. The maximum atomic E-state index is 11.7. The highest BCUT2D eigenvalue weighted by molar-refractivity contribution is 5.72. The molecule has 0 amide bonds. The van der Waals surface area contributed by atoms with Crippen molar-refractivity contribution in [2.24, 2.45) is 5.92 Å². The molecule has 1 atom stereocenters. The van der Waals surface area contributed by atoms with Crippen LogP contribution in [0, 0.1) is 5.92 Å². The van der Waals surface area contributed by atoms with Crippen LogP contribution in [-0.2, 0) is 20.8 Å². The van der Waals surface area contributed by atoms with E-state index in [2.05, 4.69) is 9.80 Å². The number of β-amino-alcohol motifs (C(OH)–C–C–N with tert-alkyl or cyclic N) is 1. The molecule has 168 valence electrons. The van der Waals surface area contributed by atoms with E-state index in [1.165, 1.54) is 7.11 Å². The number of carbonyl (C=O) groups excluding carboxylic acids is 1. The summed E-state index contributed by atoms with van der Waals surface area (Å²) in [4.78, 5) is 16.2. The Labute approximate surface area is 178 Å². The van der Waals surface area contributed by atoms with Gasteiger partial charge in [0.25, 0.3) is 0 Å². The molecule has 0 unspecified atom stereocenters. The first kappa shape index (κ1) is 22.8. The van der Waals surface area contributed by atoms with E-state index >= 15 is 0 Å². The number of aliphatic hydroxyl groups excluding tert-OH is 1. The maximum Gasteiger partial charge on any atom is 0.308 e. The number of benzene rings is 1. The third-order valence-corrected chi connectivity index (χ3v) is 5.76. The largest absolute Gasteiger partial charge is 0.493 e. The van der Waals surface area contributed by atoms with Gasteiger partial charge in [0.05, 0.1) is 33.4 Å². The van der Waals surface area contributed by atoms with Crippen molar-refractivity contribution in [3.63, 3.8) is 0 Å². The minimum atomic E-state index is -0.566. The van der Waals surface area contributed by atoms with Gasteiger partial charge in [-0.05, 0) is 43.6 Å².